The van der Waals surface area contributed by atoms with Crippen molar-refractivity contribution in [2.45, 2.75) is 0 Å². The van der Waals surface area contributed by atoms with Crippen LogP contribution < -0.4 is 10.9 Å². The van der Waals surface area contributed by atoms with Gasteiger partial charge in [0, 0.05) is 23.4 Å². The number of nitrogens with zero attached hydrogens (tertiary/aromatic N) is 2. The molecule has 26 heavy (non-hydrogen) atoms. The Balaban J connectivity index is 1.54. The van der Waals surface area contributed by atoms with E-state index in [1.165, 1.54) is 30.3 Å². The SMILES string of the molecule is O=C(/C=C/c1cnn(-c2ccccc2)c1)NNC(=O)c1ccc(F)cc1. The number of carbonyl (C=O) groups is 2. The van der Waals surface area contributed by atoms with E-state index in [1.54, 1.807) is 23.2 Å². The van der Waals surface area contributed by atoms with Crippen molar-refractivity contribution in [3.63, 3.8) is 0 Å². The van der Waals surface area contributed by atoms with Gasteiger partial charge in [0.25, 0.3) is 11.8 Å². The topological polar surface area (TPSA) is 76.0 Å². The lowest BCUT2D eigenvalue weighted by atomic mass is 10.2. The van der Waals surface area contributed by atoms with Crippen LogP contribution in [-0.2, 0) is 4.79 Å². The Morgan fingerprint density at radius 1 is 1.00 bits per heavy atom. The van der Waals surface area contributed by atoms with Crippen molar-refractivity contribution in [1.29, 1.82) is 0 Å². The maximum atomic E-state index is 12.8. The lowest BCUT2D eigenvalue weighted by molar-refractivity contribution is -0.117. The van der Waals surface area contributed by atoms with Crippen LogP contribution in [0.1, 0.15) is 15.9 Å². The summed E-state index contributed by atoms with van der Waals surface area (Å²) in [6.45, 7) is 0. The molecule has 1 heterocycles. The van der Waals surface area contributed by atoms with E-state index in [0.29, 0.717) is 0 Å². The average Bonchev–Trinajstić information content (AvgIpc) is 3.15. The van der Waals surface area contributed by atoms with Crippen molar-refractivity contribution in [1.82, 2.24) is 20.6 Å². The van der Waals surface area contributed by atoms with Crippen molar-refractivity contribution in [2.24, 2.45) is 0 Å². The number of rotatable bonds is 4. The third kappa shape index (κ3) is 4.41. The molecular weight excluding hydrogens is 335 g/mol. The summed E-state index contributed by atoms with van der Waals surface area (Å²) in [6, 6.07) is 14.5. The summed E-state index contributed by atoms with van der Waals surface area (Å²) in [5.41, 5.74) is 6.38. The van der Waals surface area contributed by atoms with Crippen molar-refractivity contribution >= 4 is 17.9 Å². The van der Waals surface area contributed by atoms with Crippen molar-refractivity contribution in [2.75, 3.05) is 0 Å². The van der Waals surface area contributed by atoms with Crippen LogP contribution in [0.15, 0.2) is 73.1 Å². The smallest absolute Gasteiger partial charge is 0.268 e. The normalized spacial score (nSPS) is 10.7. The third-order valence-electron chi connectivity index (χ3n) is 3.46. The zero-order chi connectivity index (χ0) is 18.4. The summed E-state index contributed by atoms with van der Waals surface area (Å²) in [5, 5.41) is 4.22. The first-order valence-electron chi connectivity index (χ1n) is 7.76. The van der Waals surface area contributed by atoms with Crippen LogP contribution >= 0.6 is 0 Å². The molecule has 2 N–H and O–H groups in total. The van der Waals surface area contributed by atoms with Gasteiger partial charge in [-0.05, 0) is 42.5 Å². The van der Waals surface area contributed by atoms with Crippen LogP contribution in [0.25, 0.3) is 11.8 Å². The molecule has 0 aliphatic rings. The summed E-state index contributed by atoms with van der Waals surface area (Å²) in [4.78, 5) is 23.6. The van der Waals surface area contributed by atoms with Crippen LogP contribution in [0.5, 0.6) is 0 Å². The Labute approximate surface area is 148 Å². The number of hydrazine groups is 1. The Morgan fingerprint density at radius 3 is 2.46 bits per heavy atom. The van der Waals surface area contributed by atoms with Gasteiger partial charge in [-0.2, -0.15) is 5.10 Å². The molecule has 0 aliphatic carbocycles. The third-order valence-corrected chi connectivity index (χ3v) is 3.46. The predicted octanol–water partition coefficient (Wildman–Crippen LogP) is 2.49. The molecule has 0 saturated heterocycles. The van der Waals surface area contributed by atoms with Crippen LogP contribution in [0, 0.1) is 5.82 Å². The number of nitrogens with one attached hydrogen (secondary N) is 2. The van der Waals surface area contributed by atoms with Gasteiger partial charge < -0.3 is 0 Å². The number of aromatic nitrogens is 2. The largest absolute Gasteiger partial charge is 0.269 e. The molecule has 1 aromatic heterocycles. The first-order valence-corrected chi connectivity index (χ1v) is 7.76. The molecule has 3 aromatic rings. The molecule has 0 spiro atoms. The molecule has 2 amide bonds. The second-order valence-electron chi connectivity index (χ2n) is 5.34. The van der Waals surface area contributed by atoms with Crippen molar-refractivity contribution in [3.05, 3.63) is 90.0 Å². The minimum absolute atomic E-state index is 0.236. The van der Waals surface area contributed by atoms with Crippen molar-refractivity contribution in [3.8, 4) is 5.69 Å². The standard InChI is InChI=1S/C19H15FN4O2/c20-16-9-7-15(8-10-16)19(26)23-22-18(25)11-6-14-12-21-24(13-14)17-4-2-1-3-5-17/h1-13H,(H,22,25)(H,23,26)/b11-6+. The Bertz CT molecular complexity index is 934. The van der Waals surface area contributed by atoms with Gasteiger partial charge in [-0.25, -0.2) is 9.07 Å². The monoisotopic (exact) mass is 350 g/mol. The Hall–Kier alpha value is -3.74. The quantitative estimate of drug-likeness (QED) is 0.561. The minimum Gasteiger partial charge on any atom is -0.268 e. The van der Waals surface area contributed by atoms with E-state index in [2.05, 4.69) is 16.0 Å². The highest BCUT2D eigenvalue weighted by Crippen LogP contribution is 2.08. The van der Waals surface area contributed by atoms with Gasteiger partial charge in [0.1, 0.15) is 5.82 Å². The molecule has 0 unspecified atom stereocenters. The molecule has 0 saturated carbocycles. The Kier molecular flexibility index (Phi) is 5.19. The molecule has 0 radical (unpaired) electrons. The van der Waals surface area contributed by atoms with E-state index in [0.717, 1.165) is 11.3 Å². The first-order chi connectivity index (χ1) is 12.6. The predicted molar refractivity (Wildman–Crippen MR) is 94.6 cm³/mol. The summed E-state index contributed by atoms with van der Waals surface area (Å²) in [7, 11) is 0. The number of hydrogen-bond donors (Lipinski definition) is 2. The lowest BCUT2D eigenvalue weighted by Gasteiger charge is -2.04. The zero-order valence-electron chi connectivity index (χ0n) is 13.6. The van der Waals surface area contributed by atoms with Crippen LogP contribution in [0.4, 0.5) is 4.39 Å². The summed E-state index contributed by atoms with van der Waals surface area (Å²) >= 11 is 0. The maximum absolute atomic E-state index is 12.8. The van der Waals surface area contributed by atoms with Gasteiger partial charge in [0.2, 0.25) is 0 Å². The number of halogens is 1. The number of benzene rings is 2. The number of carbonyl (C=O) groups excluding carboxylic acids is 2. The van der Waals surface area contributed by atoms with Crippen LogP contribution in [0.3, 0.4) is 0 Å². The fourth-order valence-electron chi connectivity index (χ4n) is 2.15. The highest BCUT2D eigenvalue weighted by molar-refractivity contribution is 5.97. The highest BCUT2D eigenvalue weighted by Gasteiger charge is 2.06. The second kappa shape index (κ2) is 7.89. The van der Waals surface area contributed by atoms with Gasteiger partial charge in [-0.3, -0.25) is 20.4 Å². The van der Waals surface area contributed by atoms with Gasteiger partial charge in [-0.1, -0.05) is 18.2 Å². The fraction of sp³-hybridized carbons (Fsp3) is 0. The van der Waals surface area contributed by atoms with Gasteiger partial charge >= 0.3 is 0 Å². The number of hydrogen-bond acceptors (Lipinski definition) is 3. The Morgan fingerprint density at radius 2 is 1.73 bits per heavy atom. The van der Waals surface area contributed by atoms with E-state index in [-0.39, 0.29) is 5.56 Å². The molecule has 2 aromatic carbocycles. The van der Waals surface area contributed by atoms with Gasteiger partial charge in [0.05, 0.1) is 11.9 Å². The lowest BCUT2D eigenvalue weighted by Crippen LogP contribution is -2.40. The molecule has 7 heteroatoms. The molecule has 3 rings (SSSR count). The van der Waals surface area contributed by atoms with E-state index in [1.807, 2.05) is 30.3 Å². The first kappa shape index (κ1) is 17.1. The van der Waals surface area contributed by atoms with Gasteiger partial charge in [-0.15, -0.1) is 0 Å². The molecule has 0 fully saturated rings. The molecule has 6 nitrogen and oxygen atoms in total. The van der Waals surface area contributed by atoms with E-state index >= 15 is 0 Å². The molecule has 130 valence electrons. The van der Waals surface area contributed by atoms with E-state index in [4.69, 9.17) is 0 Å². The van der Waals surface area contributed by atoms with Crippen LogP contribution in [0.2, 0.25) is 0 Å². The summed E-state index contributed by atoms with van der Waals surface area (Å²) in [6.07, 6.45) is 6.24. The highest BCUT2D eigenvalue weighted by atomic mass is 19.1. The maximum Gasteiger partial charge on any atom is 0.269 e. The molecule has 0 atom stereocenters. The van der Waals surface area contributed by atoms with Crippen LogP contribution in [-0.4, -0.2) is 21.6 Å². The second-order valence-corrected chi connectivity index (χ2v) is 5.34. The van der Waals surface area contributed by atoms with Gasteiger partial charge in [0.15, 0.2) is 0 Å². The molecule has 0 bridgehead atoms. The zero-order valence-corrected chi connectivity index (χ0v) is 13.6. The van der Waals surface area contributed by atoms with E-state index < -0.39 is 17.6 Å². The number of amides is 2. The number of para-hydroxylation sites is 1. The fourth-order valence-corrected chi connectivity index (χ4v) is 2.15. The minimum atomic E-state index is -0.538. The van der Waals surface area contributed by atoms with Crippen molar-refractivity contribution < 1.29 is 14.0 Å². The summed E-state index contributed by atoms with van der Waals surface area (Å²) in [5.74, 6) is -1.49. The molecular formula is C19H15FN4O2. The summed E-state index contributed by atoms with van der Waals surface area (Å²) < 4.78 is 14.5. The average molecular weight is 350 g/mol. The molecule has 0 aliphatic heterocycles. The van der Waals surface area contributed by atoms with E-state index in [9.17, 15) is 14.0 Å².